The molecule has 0 saturated carbocycles. The summed E-state index contributed by atoms with van der Waals surface area (Å²) in [6.07, 6.45) is 0. The largest absolute Gasteiger partial charge is 0.360 e. The van der Waals surface area contributed by atoms with Crippen molar-refractivity contribution in [3.8, 4) is 11.3 Å². The molecule has 0 aliphatic rings. The van der Waals surface area contributed by atoms with Gasteiger partial charge in [0.15, 0.2) is 0 Å². The zero-order chi connectivity index (χ0) is 20.3. The van der Waals surface area contributed by atoms with Gasteiger partial charge in [-0.2, -0.15) is 0 Å². The summed E-state index contributed by atoms with van der Waals surface area (Å²) in [7, 11) is 0. The molecule has 3 rings (SSSR count). The van der Waals surface area contributed by atoms with Crippen molar-refractivity contribution in [3.05, 3.63) is 70.5 Å². The molecule has 1 aromatic heterocycles. The van der Waals surface area contributed by atoms with E-state index < -0.39 is 5.91 Å². The van der Waals surface area contributed by atoms with Crippen molar-refractivity contribution < 1.29 is 14.1 Å². The Labute approximate surface area is 163 Å². The topological polar surface area (TPSA) is 84.2 Å². The van der Waals surface area contributed by atoms with Gasteiger partial charge in [0.2, 0.25) is 5.91 Å². The first-order valence-corrected chi connectivity index (χ1v) is 9.04. The number of nitrogens with one attached hydrogen (secondary N) is 2. The van der Waals surface area contributed by atoms with Crippen LogP contribution >= 0.6 is 0 Å². The quantitative estimate of drug-likeness (QED) is 0.705. The first kappa shape index (κ1) is 19.4. The average molecular weight is 377 g/mol. The van der Waals surface area contributed by atoms with Gasteiger partial charge in [0.25, 0.3) is 5.91 Å². The molecule has 6 heteroatoms. The number of anilines is 1. The van der Waals surface area contributed by atoms with Gasteiger partial charge in [-0.05, 0) is 38.8 Å². The Morgan fingerprint density at radius 1 is 1.00 bits per heavy atom. The molecule has 0 atom stereocenters. The third kappa shape index (κ3) is 4.11. The summed E-state index contributed by atoms with van der Waals surface area (Å²) < 4.78 is 5.20. The summed E-state index contributed by atoms with van der Waals surface area (Å²) in [5, 5.41) is 9.53. The van der Waals surface area contributed by atoms with E-state index in [4.69, 9.17) is 4.52 Å². The molecule has 1 heterocycles. The maximum atomic E-state index is 12.7. The van der Waals surface area contributed by atoms with Gasteiger partial charge in [-0.1, -0.05) is 53.2 Å². The van der Waals surface area contributed by atoms with Gasteiger partial charge in [-0.15, -0.1) is 0 Å². The lowest BCUT2D eigenvalue weighted by atomic mass is 10.0. The van der Waals surface area contributed by atoms with Gasteiger partial charge >= 0.3 is 0 Å². The van der Waals surface area contributed by atoms with Crippen LogP contribution in [0.15, 0.2) is 47.0 Å². The van der Waals surface area contributed by atoms with Gasteiger partial charge in [0.05, 0.1) is 6.54 Å². The molecule has 144 valence electrons. The van der Waals surface area contributed by atoms with Crippen molar-refractivity contribution in [2.75, 3.05) is 11.9 Å². The van der Waals surface area contributed by atoms with E-state index in [1.165, 1.54) is 0 Å². The fourth-order valence-electron chi connectivity index (χ4n) is 3.24. The highest BCUT2D eigenvalue weighted by atomic mass is 16.5. The molecule has 28 heavy (non-hydrogen) atoms. The Morgan fingerprint density at radius 2 is 1.64 bits per heavy atom. The molecule has 3 aromatic rings. The van der Waals surface area contributed by atoms with Crippen LogP contribution in [-0.4, -0.2) is 23.5 Å². The monoisotopic (exact) mass is 377 g/mol. The van der Waals surface area contributed by atoms with E-state index in [0.29, 0.717) is 17.0 Å². The van der Waals surface area contributed by atoms with E-state index in [2.05, 4.69) is 15.8 Å². The van der Waals surface area contributed by atoms with E-state index in [0.717, 1.165) is 27.9 Å². The van der Waals surface area contributed by atoms with Crippen LogP contribution in [0.4, 0.5) is 5.69 Å². The lowest BCUT2D eigenvalue weighted by molar-refractivity contribution is -0.115. The minimum atomic E-state index is -0.398. The summed E-state index contributed by atoms with van der Waals surface area (Å²) in [5.74, 6) is -0.286. The molecule has 0 saturated heterocycles. The molecular weight excluding hydrogens is 354 g/mol. The van der Waals surface area contributed by atoms with Crippen molar-refractivity contribution in [3.63, 3.8) is 0 Å². The number of hydrogen-bond donors (Lipinski definition) is 2. The van der Waals surface area contributed by atoms with Gasteiger partial charge in [0.1, 0.15) is 17.0 Å². The van der Waals surface area contributed by atoms with E-state index in [1.54, 1.807) is 6.92 Å². The smallest absolute Gasteiger partial charge is 0.257 e. The van der Waals surface area contributed by atoms with Gasteiger partial charge in [-0.25, -0.2) is 0 Å². The molecule has 6 nitrogen and oxygen atoms in total. The molecule has 2 amide bonds. The van der Waals surface area contributed by atoms with Crippen LogP contribution in [0.2, 0.25) is 0 Å². The highest BCUT2D eigenvalue weighted by Crippen LogP contribution is 2.25. The second kappa shape index (κ2) is 8.08. The minimum Gasteiger partial charge on any atom is -0.360 e. The Kier molecular flexibility index (Phi) is 5.59. The van der Waals surface area contributed by atoms with Crippen LogP contribution in [0.25, 0.3) is 11.3 Å². The SMILES string of the molecule is Cc1cc(C)c(NC(=O)CNC(=O)c2c(-c3ccccc3)noc2C)c(C)c1. The maximum Gasteiger partial charge on any atom is 0.257 e. The molecule has 2 aromatic carbocycles. The maximum absolute atomic E-state index is 12.7. The third-order valence-corrected chi connectivity index (χ3v) is 4.49. The van der Waals surface area contributed by atoms with Crippen molar-refractivity contribution in [2.45, 2.75) is 27.7 Å². The van der Waals surface area contributed by atoms with E-state index in [1.807, 2.05) is 63.2 Å². The summed E-state index contributed by atoms with van der Waals surface area (Å²) in [5.41, 5.74) is 5.45. The van der Waals surface area contributed by atoms with Crippen LogP contribution < -0.4 is 10.6 Å². The molecule has 0 fully saturated rings. The lowest BCUT2D eigenvalue weighted by Gasteiger charge is -2.13. The first-order chi connectivity index (χ1) is 13.4. The predicted molar refractivity (Wildman–Crippen MR) is 108 cm³/mol. The fourth-order valence-corrected chi connectivity index (χ4v) is 3.24. The van der Waals surface area contributed by atoms with Gasteiger partial charge in [-0.3, -0.25) is 9.59 Å². The number of hydrogen-bond acceptors (Lipinski definition) is 4. The van der Waals surface area contributed by atoms with Crippen molar-refractivity contribution >= 4 is 17.5 Å². The van der Waals surface area contributed by atoms with E-state index in [9.17, 15) is 9.59 Å². The number of nitrogens with zero attached hydrogens (tertiary/aromatic N) is 1. The minimum absolute atomic E-state index is 0.148. The average Bonchev–Trinajstić information content (AvgIpc) is 3.05. The molecule has 0 bridgehead atoms. The van der Waals surface area contributed by atoms with Crippen molar-refractivity contribution in [2.24, 2.45) is 0 Å². The summed E-state index contributed by atoms with van der Waals surface area (Å²) >= 11 is 0. The fraction of sp³-hybridized carbons (Fsp3) is 0.227. The zero-order valence-electron chi connectivity index (χ0n) is 16.4. The highest BCUT2D eigenvalue weighted by Gasteiger charge is 2.22. The molecule has 2 N–H and O–H groups in total. The van der Waals surface area contributed by atoms with Crippen molar-refractivity contribution in [1.82, 2.24) is 10.5 Å². The lowest BCUT2D eigenvalue weighted by Crippen LogP contribution is -2.33. The van der Waals surface area contributed by atoms with Crippen LogP contribution in [-0.2, 0) is 4.79 Å². The van der Waals surface area contributed by atoms with Gasteiger partial charge < -0.3 is 15.2 Å². The number of carbonyl (C=O) groups is 2. The Morgan fingerprint density at radius 3 is 2.29 bits per heavy atom. The predicted octanol–water partition coefficient (Wildman–Crippen LogP) is 3.94. The van der Waals surface area contributed by atoms with Crippen LogP contribution in [0.1, 0.15) is 32.8 Å². The second-order valence-corrected chi connectivity index (χ2v) is 6.83. The summed E-state index contributed by atoms with van der Waals surface area (Å²) in [6.45, 7) is 7.43. The van der Waals surface area contributed by atoms with E-state index in [-0.39, 0.29) is 12.5 Å². The van der Waals surface area contributed by atoms with Crippen LogP contribution in [0.5, 0.6) is 0 Å². The number of amides is 2. The normalized spacial score (nSPS) is 10.6. The van der Waals surface area contributed by atoms with E-state index >= 15 is 0 Å². The van der Waals surface area contributed by atoms with Crippen molar-refractivity contribution in [1.29, 1.82) is 0 Å². The molecule has 0 spiro atoms. The summed E-state index contributed by atoms with van der Waals surface area (Å²) in [4.78, 5) is 25.0. The molecule has 0 aliphatic carbocycles. The second-order valence-electron chi connectivity index (χ2n) is 6.83. The Bertz CT molecular complexity index is 1000. The number of aryl methyl sites for hydroxylation is 4. The molecule has 0 radical (unpaired) electrons. The number of benzene rings is 2. The highest BCUT2D eigenvalue weighted by molar-refractivity contribution is 6.03. The van der Waals surface area contributed by atoms with Gasteiger partial charge in [0, 0.05) is 11.3 Å². The first-order valence-electron chi connectivity index (χ1n) is 9.04. The Balaban J connectivity index is 1.70. The summed E-state index contributed by atoms with van der Waals surface area (Å²) in [6, 6.07) is 13.3. The zero-order valence-corrected chi connectivity index (χ0v) is 16.4. The molecular formula is C22H23N3O3. The molecule has 0 aliphatic heterocycles. The van der Waals surface area contributed by atoms with Crippen LogP contribution in [0.3, 0.4) is 0 Å². The Hall–Kier alpha value is -3.41. The number of aromatic nitrogens is 1. The molecule has 0 unspecified atom stereocenters. The number of carbonyl (C=O) groups excluding carboxylic acids is 2. The number of rotatable bonds is 5. The standard InChI is InChI=1S/C22H23N3O3/c1-13-10-14(2)20(15(3)11-13)24-18(26)12-23-22(27)19-16(4)28-25-21(19)17-8-6-5-7-9-17/h5-11H,12H2,1-4H3,(H,23,27)(H,24,26). The third-order valence-electron chi connectivity index (χ3n) is 4.49. The van der Waals surface area contributed by atoms with Crippen LogP contribution in [0, 0.1) is 27.7 Å².